The maximum Gasteiger partial charge on any atom is 1.00 e. The van der Waals surface area contributed by atoms with Crippen molar-refractivity contribution in [2.75, 3.05) is 19.0 Å². The number of carboxylic acid groups (broad SMARTS) is 2. The van der Waals surface area contributed by atoms with Gasteiger partial charge in [-0.2, -0.15) is 0 Å². The van der Waals surface area contributed by atoms with Crippen molar-refractivity contribution in [1.82, 2.24) is 0 Å². The number of carbonyl (C=O) groups is 3. The molecule has 3 rings (SSSR count). The Balaban J connectivity index is 0.00000306. The van der Waals surface area contributed by atoms with Crippen LogP contribution in [0.4, 0.5) is 5.69 Å². The van der Waals surface area contributed by atoms with Gasteiger partial charge in [0, 0.05) is 25.3 Å². The van der Waals surface area contributed by atoms with Crippen LogP contribution in [0.15, 0.2) is 59.2 Å². The van der Waals surface area contributed by atoms with Crippen molar-refractivity contribution >= 4 is 40.6 Å². The minimum absolute atomic E-state index is 0. The Morgan fingerprint density at radius 3 is 2.14 bits per heavy atom. The molecule has 0 aromatic heterocycles. The largest absolute Gasteiger partial charge is 1.00 e. The topological polar surface area (TPSA) is 121 Å². The molecule has 2 aromatic rings. The summed E-state index contributed by atoms with van der Waals surface area (Å²) in [6.45, 7) is 2.96. The number of carbonyl (C=O) groups excluding carboxylic acids is 2. The molecule has 0 atom stereocenters. The fourth-order valence-electron chi connectivity index (χ4n) is 3.61. The minimum atomic E-state index is -1.63. The standard InChI is InChI=1S/C25H22ClNO6.2Na/c1-12-7-14(9-18(22(12)28)24(30)31)21(17-6-5-16(27(3)4)11-20(17)26)15-8-13(2)23(29)19(10-15)25(32)33;;/h5-11,28H,1-4H3,(H,30,31)(H,32,33);;/q;2*+1/p-2. The summed E-state index contributed by atoms with van der Waals surface area (Å²) in [5.41, 5.74) is 1.72. The molecule has 0 fully saturated rings. The Morgan fingerprint density at radius 2 is 1.63 bits per heavy atom. The van der Waals surface area contributed by atoms with E-state index in [4.69, 9.17) is 11.6 Å². The van der Waals surface area contributed by atoms with Gasteiger partial charge in [0.15, 0.2) is 5.78 Å². The number of halogens is 1. The molecule has 1 aliphatic carbocycles. The Kier molecular flexibility index (Phi) is 11.1. The minimum Gasteiger partial charge on any atom is -0.872 e. The molecule has 0 saturated heterocycles. The number of rotatable bonds is 5. The van der Waals surface area contributed by atoms with Crippen LogP contribution in [0.5, 0.6) is 5.75 Å². The van der Waals surface area contributed by atoms with Crippen LogP contribution in [0.25, 0.3) is 5.57 Å². The molecule has 0 bridgehead atoms. The van der Waals surface area contributed by atoms with Gasteiger partial charge in [-0.15, -0.1) is 0 Å². The van der Waals surface area contributed by atoms with Gasteiger partial charge < -0.3 is 25.0 Å². The van der Waals surface area contributed by atoms with E-state index in [1.54, 1.807) is 18.2 Å². The summed E-state index contributed by atoms with van der Waals surface area (Å²) in [5.74, 6) is -4.32. The summed E-state index contributed by atoms with van der Waals surface area (Å²) < 4.78 is 0. The predicted octanol–water partition coefficient (Wildman–Crippen LogP) is -3.50. The van der Waals surface area contributed by atoms with Crippen LogP contribution in [0.1, 0.15) is 34.0 Å². The van der Waals surface area contributed by atoms with Gasteiger partial charge in [0.25, 0.3) is 0 Å². The summed E-state index contributed by atoms with van der Waals surface area (Å²) in [5, 5.41) is 33.7. The molecular weight excluding hydrogens is 492 g/mol. The van der Waals surface area contributed by atoms with Crippen molar-refractivity contribution in [3.63, 3.8) is 0 Å². The van der Waals surface area contributed by atoms with Crippen LogP contribution < -0.4 is 74.2 Å². The second kappa shape index (κ2) is 12.4. The summed E-state index contributed by atoms with van der Waals surface area (Å²) in [4.78, 5) is 37.4. The number of aliphatic carboxylic acids is 1. The fourth-order valence-corrected chi connectivity index (χ4v) is 3.88. The maximum atomic E-state index is 12.3. The molecule has 1 aliphatic rings. The maximum absolute atomic E-state index is 12.3. The average Bonchev–Trinajstić information content (AvgIpc) is 2.73. The first-order valence-corrected chi connectivity index (χ1v) is 10.2. The van der Waals surface area contributed by atoms with E-state index < -0.39 is 34.6 Å². The SMILES string of the molecule is CC1=CC(=C(c2cc(C)c([O-])c(C(=O)[O-])c2)c2ccc(N(C)C)cc2Cl)C=C(C(=O)O)C1=O.[Na+].[Na+]. The molecule has 1 N–H and O–H groups in total. The van der Waals surface area contributed by atoms with Gasteiger partial charge in [0.1, 0.15) is 5.57 Å². The fraction of sp³-hybridized carbons (Fsp3) is 0.160. The number of hydrogen-bond donors (Lipinski definition) is 1. The van der Waals surface area contributed by atoms with Crippen molar-refractivity contribution in [2.45, 2.75) is 13.8 Å². The van der Waals surface area contributed by atoms with E-state index in [0.29, 0.717) is 27.3 Å². The van der Waals surface area contributed by atoms with Gasteiger partial charge in [0.05, 0.1) is 11.0 Å². The number of nitrogens with zero attached hydrogens (tertiary/aromatic N) is 1. The normalized spacial score (nSPS) is 14.1. The first kappa shape index (κ1) is 31.2. The predicted molar refractivity (Wildman–Crippen MR) is 121 cm³/mol. The number of allylic oxidation sites excluding steroid dienone is 4. The second-order valence-corrected chi connectivity index (χ2v) is 8.27. The molecule has 10 heteroatoms. The van der Waals surface area contributed by atoms with Gasteiger partial charge in [-0.3, -0.25) is 4.79 Å². The zero-order chi connectivity index (χ0) is 24.6. The van der Waals surface area contributed by atoms with Gasteiger partial charge in [0.2, 0.25) is 0 Å². The molecule has 2 aromatic carbocycles. The van der Waals surface area contributed by atoms with E-state index in [0.717, 1.165) is 5.69 Å². The number of ketones is 1. The molecule has 0 spiro atoms. The van der Waals surface area contributed by atoms with Crippen LogP contribution in [-0.4, -0.2) is 36.9 Å². The Hall–Kier alpha value is -1.84. The van der Waals surface area contributed by atoms with E-state index >= 15 is 0 Å². The zero-order valence-corrected chi connectivity index (χ0v) is 25.1. The zero-order valence-electron chi connectivity index (χ0n) is 20.4. The van der Waals surface area contributed by atoms with E-state index in [-0.39, 0.29) is 70.3 Å². The first-order valence-electron chi connectivity index (χ1n) is 9.85. The Bertz CT molecular complexity index is 1310. The summed E-state index contributed by atoms with van der Waals surface area (Å²) >= 11 is 6.60. The molecule has 0 unspecified atom stereocenters. The molecule has 0 radical (unpaired) electrons. The quantitative estimate of drug-likeness (QED) is 0.327. The van der Waals surface area contributed by atoms with Crippen molar-refractivity contribution in [3.8, 4) is 5.75 Å². The summed E-state index contributed by atoms with van der Waals surface area (Å²) in [6.07, 6.45) is 2.74. The third kappa shape index (κ3) is 6.49. The number of Topliss-reactive ketones (excluding diaryl/α,β-unsaturated/α-hetero) is 1. The van der Waals surface area contributed by atoms with Gasteiger partial charge in [-0.1, -0.05) is 35.0 Å². The van der Waals surface area contributed by atoms with Crippen LogP contribution in [-0.2, 0) is 9.59 Å². The molecular formula is C25H20ClNNa2O6. The monoisotopic (exact) mass is 511 g/mol. The van der Waals surface area contributed by atoms with Crippen LogP contribution in [0, 0.1) is 6.92 Å². The number of aryl methyl sites for hydroxylation is 1. The van der Waals surface area contributed by atoms with Crippen molar-refractivity contribution < 1.29 is 88.8 Å². The average molecular weight is 512 g/mol. The van der Waals surface area contributed by atoms with Crippen molar-refractivity contribution in [1.29, 1.82) is 0 Å². The molecule has 0 saturated carbocycles. The number of carboxylic acids is 2. The van der Waals surface area contributed by atoms with E-state index in [1.807, 2.05) is 19.0 Å². The van der Waals surface area contributed by atoms with Crippen molar-refractivity contribution in [3.05, 3.63) is 86.5 Å². The van der Waals surface area contributed by atoms with Crippen LogP contribution in [0.3, 0.4) is 0 Å². The Labute approximate surface area is 252 Å². The molecule has 0 amide bonds. The molecule has 35 heavy (non-hydrogen) atoms. The van der Waals surface area contributed by atoms with E-state index in [9.17, 15) is 29.7 Å². The van der Waals surface area contributed by atoms with E-state index in [1.165, 1.54) is 38.1 Å². The third-order valence-corrected chi connectivity index (χ3v) is 5.63. The summed E-state index contributed by atoms with van der Waals surface area (Å²) in [7, 11) is 3.68. The van der Waals surface area contributed by atoms with Crippen LogP contribution in [0.2, 0.25) is 5.02 Å². The molecule has 7 nitrogen and oxygen atoms in total. The van der Waals surface area contributed by atoms with Gasteiger partial charge >= 0.3 is 65.1 Å². The number of hydrogen-bond acceptors (Lipinski definition) is 6. The second-order valence-electron chi connectivity index (χ2n) is 7.87. The van der Waals surface area contributed by atoms with Crippen molar-refractivity contribution in [2.24, 2.45) is 0 Å². The molecule has 170 valence electrons. The van der Waals surface area contributed by atoms with E-state index in [2.05, 4.69) is 0 Å². The summed E-state index contributed by atoms with van der Waals surface area (Å²) in [6, 6.07) is 7.90. The number of benzene rings is 2. The third-order valence-electron chi connectivity index (χ3n) is 5.32. The first-order chi connectivity index (χ1) is 15.4. The van der Waals surface area contributed by atoms with Gasteiger partial charge in [-0.05, 0) is 72.0 Å². The molecule has 0 aliphatic heterocycles. The van der Waals surface area contributed by atoms with Gasteiger partial charge in [-0.25, -0.2) is 4.79 Å². The number of anilines is 1. The number of aromatic carboxylic acids is 1. The smallest absolute Gasteiger partial charge is 0.872 e. The molecule has 0 heterocycles. The Morgan fingerprint density at radius 1 is 1.00 bits per heavy atom. The van der Waals surface area contributed by atoms with Crippen LogP contribution >= 0.6 is 11.6 Å².